The third-order valence-corrected chi connectivity index (χ3v) is 5.25. The lowest BCUT2D eigenvalue weighted by molar-refractivity contribution is 0.569. The summed E-state index contributed by atoms with van der Waals surface area (Å²) in [4.78, 5) is 4.90. The Kier molecular flexibility index (Phi) is 3.59. The Labute approximate surface area is 158 Å². The lowest BCUT2D eigenvalue weighted by Gasteiger charge is -2.11. The molecule has 6 heteroatoms. The smallest absolute Gasteiger partial charge is 0.249 e. The van der Waals surface area contributed by atoms with Crippen molar-refractivity contribution in [2.45, 2.75) is 0 Å². The molecule has 0 aliphatic carbocycles. The number of hydrogen-bond acceptors (Lipinski definition) is 6. The predicted octanol–water partition coefficient (Wildman–Crippen LogP) is 5.22. The summed E-state index contributed by atoms with van der Waals surface area (Å²) in [6, 6.07) is 15.8. The molecule has 0 saturated carbocycles. The van der Waals surface area contributed by atoms with Gasteiger partial charge in [0.05, 0.1) is 11.1 Å². The standard InChI is InChI=1S/C21H12N4OS/c1-2-13-5-3-6-14(11-13)23-20-17-9-10-27-19(17)15-7-4-8-16(18(15)24-20)21-25-22-12-26-21/h1,3-12H,(H,23,24). The number of fused-ring (bicyclic) bond motifs is 3. The SMILES string of the molecule is C#Cc1cccc(Nc2nc3c(-c4nnco4)cccc3c3sccc23)c1. The summed E-state index contributed by atoms with van der Waals surface area (Å²) < 4.78 is 6.56. The van der Waals surface area contributed by atoms with Gasteiger partial charge in [-0.15, -0.1) is 28.0 Å². The fraction of sp³-hybridized carbons (Fsp3) is 0. The molecular weight excluding hydrogens is 356 g/mol. The number of benzene rings is 2. The molecule has 0 aliphatic heterocycles. The monoisotopic (exact) mass is 368 g/mol. The number of terminal acetylenes is 1. The van der Waals surface area contributed by atoms with Crippen LogP contribution in [0.5, 0.6) is 0 Å². The van der Waals surface area contributed by atoms with Gasteiger partial charge in [-0.2, -0.15) is 0 Å². The van der Waals surface area contributed by atoms with Gasteiger partial charge in [-0.3, -0.25) is 0 Å². The maximum Gasteiger partial charge on any atom is 0.249 e. The van der Waals surface area contributed by atoms with Gasteiger partial charge in [-0.05, 0) is 35.7 Å². The second kappa shape index (κ2) is 6.24. The van der Waals surface area contributed by atoms with Crippen LogP contribution in [-0.4, -0.2) is 15.2 Å². The molecule has 0 unspecified atom stereocenters. The average Bonchev–Trinajstić information content (AvgIpc) is 3.40. The quantitative estimate of drug-likeness (QED) is 0.442. The number of thiophene rings is 1. The highest BCUT2D eigenvalue weighted by molar-refractivity contribution is 7.18. The summed E-state index contributed by atoms with van der Waals surface area (Å²) in [6.45, 7) is 0. The van der Waals surface area contributed by atoms with E-state index in [-0.39, 0.29) is 0 Å². The van der Waals surface area contributed by atoms with Crippen molar-refractivity contribution in [3.63, 3.8) is 0 Å². The van der Waals surface area contributed by atoms with Crippen molar-refractivity contribution in [1.82, 2.24) is 15.2 Å². The first kappa shape index (κ1) is 15.6. The Balaban J connectivity index is 1.75. The molecule has 5 rings (SSSR count). The maximum absolute atomic E-state index is 5.52. The molecule has 5 nitrogen and oxygen atoms in total. The fourth-order valence-corrected chi connectivity index (χ4v) is 4.03. The molecule has 0 fully saturated rings. The Morgan fingerprint density at radius 2 is 2.00 bits per heavy atom. The minimum atomic E-state index is 0.448. The van der Waals surface area contributed by atoms with Crippen LogP contribution in [0, 0.1) is 12.3 Å². The molecule has 5 aromatic rings. The van der Waals surface area contributed by atoms with Crippen LogP contribution >= 0.6 is 11.3 Å². The Hall–Kier alpha value is -3.69. The summed E-state index contributed by atoms with van der Waals surface area (Å²) in [6.07, 6.45) is 6.84. The molecule has 3 heterocycles. The zero-order chi connectivity index (χ0) is 18.2. The lowest BCUT2D eigenvalue weighted by Crippen LogP contribution is -1.96. The Morgan fingerprint density at radius 3 is 2.85 bits per heavy atom. The van der Waals surface area contributed by atoms with Crippen molar-refractivity contribution in [3.8, 4) is 23.8 Å². The van der Waals surface area contributed by atoms with Gasteiger partial charge in [0.15, 0.2) is 0 Å². The number of nitrogens with zero attached hydrogens (tertiary/aromatic N) is 3. The van der Waals surface area contributed by atoms with Gasteiger partial charge in [0.2, 0.25) is 12.3 Å². The van der Waals surface area contributed by atoms with E-state index in [9.17, 15) is 0 Å². The minimum Gasteiger partial charge on any atom is -0.423 e. The van der Waals surface area contributed by atoms with Crippen molar-refractivity contribution in [3.05, 3.63) is 65.9 Å². The van der Waals surface area contributed by atoms with E-state index in [1.54, 1.807) is 11.3 Å². The largest absolute Gasteiger partial charge is 0.423 e. The summed E-state index contributed by atoms with van der Waals surface area (Å²) in [7, 11) is 0. The van der Waals surface area contributed by atoms with Gasteiger partial charge in [0.1, 0.15) is 5.82 Å². The van der Waals surface area contributed by atoms with E-state index in [2.05, 4.69) is 38.9 Å². The molecule has 128 valence electrons. The summed E-state index contributed by atoms with van der Waals surface area (Å²) in [5, 5.41) is 15.4. The van der Waals surface area contributed by atoms with E-state index in [4.69, 9.17) is 15.8 Å². The van der Waals surface area contributed by atoms with E-state index in [0.29, 0.717) is 5.89 Å². The molecule has 0 bridgehead atoms. The molecule has 2 aromatic carbocycles. The van der Waals surface area contributed by atoms with Crippen molar-refractivity contribution in [2.75, 3.05) is 5.32 Å². The first-order valence-corrected chi connectivity index (χ1v) is 9.11. The lowest BCUT2D eigenvalue weighted by atomic mass is 10.1. The van der Waals surface area contributed by atoms with E-state index >= 15 is 0 Å². The minimum absolute atomic E-state index is 0.448. The van der Waals surface area contributed by atoms with E-state index in [0.717, 1.165) is 43.6 Å². The van der Waals surface area contributed by atoms with Gasteiger partial charge in [0.25, 0.3) is 0 Å². The van der Waals surface area contributed by atoms with Crippen LogP contribution in [0.2, 0.25) is 0 Å². The summed E-state index contributed by atoms with van der Waals surface area (Å²) in [5.74, 6) is 3.87. The molecule has 0 spiro atoms. The van der Waals surface area contributed by atoms with E-state index in [1.807, 2.05) is 36.4 Å². The number of rotatable bonds is 3. The zero-order valence-corrected chi connectivity index (χ0v) is 14.8. The molecular formula is C21H12N4OS. The van der Waals surface area contributed by atoms with Crippen LogP contribution in [0.4, 0.5) is 11.5 Å². The molecule has 0 amide bonds. The first-order valence-electron chi connectivity index (χ1n) is 8.23. The Morgan fingerprint density at radius 1 is 1.07 bits per heavy atom. The van der Waals surface area contributed by atoms with Crippen LogP contribution in [-0.2, 0) is 0 Å². The van der Waals surface area contributed by atoms with Gasteiger partial charge in [0, 0.05) is 26.7 Å². The van der Waals surface area contributed by atoms with Crippen molar-refractivity contribution in [1.29, 1.82) is 0 Å². The zero-order valence-electron chi connectivity index (χ0n) is 14.0. The highest BCUT2D eigenvalue weighted by Gasteiger charge is 2.15. The molecule has 0 radical (unpaired) electrons. The van der Waals surface area contributed by atoms with Crippen LogP contribution in [0.1, 0.15) is 5.56 Å². The topological polar surface area (TPSA) is 63.8 Å². The number of hydrogen-bond donors (Lipinski definition) is 1. The highest BCUT2D eigenvalue weighted by atomic mass is 32.1. The molecule has 27 heavy (non-hydrogen) atoms. The van der Waals surface area contributed by atoms with Crippen LogP contribution in [0.25, 0.3) is 32.4 Å². The normalized spacial score (nSPS) is 10.9. The molecule has 1 N–H and O–H groups in total. The molecule has 0 atom stereocenters. The fourth-order valence-electron chi connectivity index (χ4n) is 3.11. The number of aromatic nitrogens is 3. The highest BCUT2D eigenvalue weighted by Crippen LogP contribution is 2.37. The number of nitrogens with one attached hydrogen (secondary N) is 1. The van der Waals surface area contributed by atoms with Gasteiger partial charge < -0.3 is 9.73 Å². The van der Waals surface area contributed by atoms with Gasteiger partial charge in [-0.1, -0.05) is 24.1 Å². The number of anilines is 2. The second-order valence-electron chi connectivity index (χ2n) is 5.92. The third kappa shape index (κ3) is 2.62. The first-order chi connectivity index (χ1) is 13.3. The average molecular weight is 368 g/mol. The second-order valence-corrected chi connectivity index (χ2v) is 6.84. The van der Waals surface area contributed by atoms with Crippen LogP contribution in [0.15, 0.2) is 64.7 Å². The Bertz CT molecular complexity index is 1320. The third-order valence-electron chi connectivity index (χ3n) is 4.31. The molecule has 3 aromatic heterocycles. The summed E-state index contributed by atoms with van der Waals surface area (Å²) in [5.41, 5.74) is 3.32. The van der Waals surface area contributed by atoms with Crippen molar-refractivity contribution < 1.29 is 4.42 Å². The predicted molar refractivity (Wildman–Crippen MR) is 108 cm³/mol. The van der Waals surface area contributed by atoms with Crippen molar-refractivity contribution in [2.24, 2.45) is 0 Å². The van der Waals surface area contributed by atoms with Gasteiger partial charge >= 0.3 is 0 Å². The van der Waals surface area contributed by atoms with E-state index < -0.39 is 0 Å². The number of para-hydroxylation sites is 1. The van der Waals surface area contributed by atoms with E-state index in [1.165, 1.54) is 6.39 Å². The molecule has 0 aliphatic rings. The van der Waals surface area contributed by atoms with Crippen LogP contribution in [0.3, 0.4) is 0 Å². The van der Waals surface area contributed by atoms with Gasteiger partial charge in [-0.25, -0.2) is 4.98 Å². The molecule has 0 saturated heterocycles. The van der Waals surface area contributed by atoms with Crippen molar-refractivity contribution >= 4 is 43.8 Å². The number of pyridine rings is 1. The van der Waals surface area contributed by atoms with Crippen LogP contribution < -0.4 is 5.32 Å². The maximum atomic E-state index is 5.52. The summed E-state index contributed by atoms with van der Waals surface area (Å²) >= 11 is 1.68.